The lowest BCUT2D eigenvalue weighted by Crippen LogP contribution is -2.06. The first-order chi connectivity index (χ1) is 10.6. The van der Waals surface area contributed by atoms with Gasteiger partial charge in [-0.3, -0.25) is 4.98 Å². The summed E-state index contributed by atoms with van der Waals surface area (Å²) in [6.07, 6.45) is 2.21. The molecule has 2 rings (SSSR count). The molecule has 116 valence electrons. The van der Waals surface area contributed by atoms with E-state index in [1.54, 1.807) is 37.6 Å². The van der Waals surface area contributed by atoms with Crippen LogP contribution in [0.3, 0.4) is 0 Å². The maximum absolute atomic E-state index is 11.6. The second-order valence-electron chi connectivity index (χ2n) is 4.42. The molecule has 0 aliphatic carbocycles. The molecule has 0 aliphatic rings. The predicted octanol–water partition coefficient (Wildman–Crippen LogP) is 3.15. The summed E-state index contributed by atoms with van der Waals surface area (Å²) in [5.74, 6) is 0.614. The van der Waals surface area contributed by atoms with Gasteiger partial charge in [0, 0.05) is 18.3 Å². The third-order valence-electron chi connectivity index (χ3n) is 2.99. The van der Waals surface area contributed by atoms with E-state index in [0.717, 1.165) is 5.69 Å². The maximum atomic E-state index is 11.6. The fraction of sp³-hybridized carbons (Fsp3) is 0.250. The highest BCUT2D eigenvalue weighted by Gasteiger charge is 2.11. The molecule has 0 N–H and O–H groups in total. The van der Waals surface area contributed by atoms with Crippen molar-refractivity contribution in [2.24, 2.45) is 0 Å². The van der Waals surface area contributed by atoms with Crippen molar-refractivity contribution < 1.29 is 19.0 Å². The van der Waals surface area contributed by atoms with E-state index in [2.05, 4.69) is 4.98 Å². The number of nitrogens with zero attached hydrogens (tertiary/aromatic N) is 1. The molecule has 0 saturated carbocycles. The zero-order chi connectivity index (χ0) is 15.9. The topological polar surface area (TPSA) is 57.7 Å². The van der Waals surface area contributed by atoms with Crippen LogP contribution < -0.4 is 9.47 Å². The largest absolute Gasteiger partial charge is 0.493 e. The first-order valence-electron chi connectivity index (χ1n) is 6.63. The number of esters is 1. The van der Waals surface area contributed by atoms with Crippen LogP contribution in [0.5, 0.6) is 11.5 Å². The summed E-state index contributed by atoms with van der Waals surface area (Å²) in [6.45, 7) is 0.398. The molecule has 22 heavy (non-hydrogen) atoms. The average Bonchev–Trinajstić information content (AvgIpc) is 2.55. The van der Waals surface area contributed by atoms with E-state index in [1.807, 2.05) is 6.07 Å². The third kappa shape index (κ3) is 4.11. The summed E-state index contributed by atoms with van der Waals surface area (Å²) in [5.41, 5.74) is 1.27. The molecule has 5 nitrogen and oxygen atoms in total. The molecule has 0 bridgehead atoms. The fourth-order valence-corrected chi connectivity index (χ4v) is 1.97. The van der Waals surface area contributed by atoms with Crippen molar-refractivity contribution in [2.75, 3.05) is 20.8 Å². The summed E-state index contributed by atoms with van der Waals surface area (Å²) in [6, 6.07) is 8.51. The predicted molar refractivity (Wildman–Crippen MR) is 82.8 cm³/mol. The number of hydrogen-bond donors (Lipinski definition) is 0. The summed E-state index contributed by atoms with van der Waals surface area (Å²) < 4.78 is 15.6. The Kier molecular flexibility index (Phi) is 5.61. The normalized spacial score (nSPS) is 10.1. The molecule has 0 unspecified atom stereocenters. The lowest BCUT2D eigenvalue weighted by molar-refractivity contribution is 0.0600. The van der Waals surface area contributed by atoms with Crippen molar-refractivity contribution in [1.82, 2.24) is 4.98 Å². The molecule has 0 saturated heterocycles. The summed E-state index contributed by atoms with van der Waals surface area (Å²) in [4.78, 5) is 15.7. The molecule has 1 heterocycles. The number of carbonyl (C=O) groups is 1. The number of pyridine rings is 1. The summed E-state index contributed by atoms with van der Waals surface area (Å²) >= 11 is 5.79. The van der Waals surface area contributed by atoms with Gasteiger partial charge in [0.1, 0.15) is 0 Å². The zero-order valence-electron chi connectivity index (χ0n) is 12.3. The monoisotopic (exact) mass is 321 g/mol. The smallest absolute Gasteiger partial charge is 0.337 e. The number of rotatable bonds is 6. The van der Waals surface area contributed by atoms with Crippen LogP contribution >= 0.6 is 11.6 Å². The molecule has 0 radical (unpaired) electrons. The summed E-state index contributed by atoms with van der Waals surface area (Å²) in [7, 11) is 2.88. The van der Waals surface area contributed by atoms with Crippen molar-refractivity contribution in [3.63, 3.8) is 0 Å². The zero-order valence-corrected chi connectivity index (χ0v) is 13.1. The molecule has 6 heteroatoms. The number of halogens is 1. The first-order valence-corrected chi connectivity index (χ1v) is 7.01. The first kappa shape index (κ1) is 16.1. The highest BCUT2D eigenvalue weighted by Crippen LogP contribution is 2.28. The van der Waals surface area contributed by atoms with Gasteiger partial charge in [0.05, 0.1) is 31.4 Å². The Labute approximate surface area is 133 Å². The van der Waals surface area contributed by atoms with E-state index in [4.69, 9.17) is 25.8 Å². The molecular weight excluding hydrogens is 306 g/mol. The molecule has 0 spiro atoms. The Bertz CT molecular complexity index is 643. The number of benzene rings is 1. The molecule has 0 amide bonds. The van der Waals surface area contributed by atoms with Gasteiger partial charge in [0.15, 0.2) is 11.5 Å². The molecular formula is C16H16ClNO4. The molecule has 0 aliphatic heterocycles. The van der Waals surface area contributed by atoms with Gasteiger partial charge in [-0.2, -0.15) is 0 Å². The van der Waals surface area contributed by atoms with Crippen LogP contribution in [0.15, 0.2) is 36.5 Å². The second-order valence-corrected chi connectivity index (χ2v) is 4.86. The highest BCUT2D eigenvalue weighted by atomic mass is 35.5. The minimum atomic E-state index is -0.424. The van der Waals surface area contributed by atoms with Crippen LogP contribution in [0.4, 0.5) is 0 Å². The number of methoxy groups -OCH3 is 2. The van der Waals surface area contributed by atoms with Gasteiger partial charge in [-0.1, -0.05) is 11.6 Å². The van der Waals surface area contributed by atoms with E-state index in [0.29, 0.717) is 35.1 Å². The Balaban J connectivity index is 2.04. The Morgan fingerprint density at radius 2 is 2.00 bits per heavy atom. The van der Waals surface area contributed by atoms with Crippen molar-refractivity contribution in [3.05, 3.63) is 52.8 Å². The molecule has 1 aromatic carbocycles. The van der Waals surface area contributed by atoms with Gasteiger partial charge >= 0.3 is 5.97 Å². The molecule has 0 fully saturated rings. The van der Waals surface area contributed by atoms with Gasteiger partial charge in [0.25, 0.3) is 0 Å². The van der Waals surface area contributed by atoms with Crippen molar-refractivity contribution in [3.8, 4) is 11.5 Å². The Hall–Kier alpha value is -2.27. The van der Waals surface area contributed by atoms with Gasteiger partial charge in [0.2, 0.25) is 0 Å². The Morgan fingerprint density at radius 1 is 1.18 bits per heavy atom. The van der Waals surface area contributed by atoms with Crippen LogP contribution in [-0.4, -0.2) is 31.8 Å². The van der Waals surface area contributed by atoms with Gasteiger partial charge < -0.3 is 14.2 Å². The van der Waals surface area contributed by atoms with Crippen molar-refractivity contribution >= 4 is 17.6 Å². The second kappa shape index (κ2) is 7.66. The van der Waals surface area contributed by atoms with Crippen LogP contribution in [0.2, 0.25) is 5.02 Å². The standard InChI is InChI=1S/C16H16ClNO4/c1-20-14-6-3-11(16(19)21-2)9-15(14)22-8-7-13-5-4-12(17)10-18-13/h3-6,9-10H,7-8H2,1-2H3. The minimum absolute atomic E-state index is 0.398. The third-order valence-corrected chi connectivity index (χ3v) is 3.21. The number of aromatic nitrogens is 1. The number of ether oxygens (including phenoxy) is 3. The van der Waals surface area contributed by atoms with Gasteiger partial charge in [-0.15, -0.1) is 0 Å². The van der Waals surface area contributed by atoms with E-state index < -0.39 is 5.97 Å². The van der Waals surface area contributed by atoms with E-state index in [9.17, 15) is 4.79 Å². The van der Waals surface area contributed by atoms with E-state index >= 15 is 0 Å². The maximum Gasteiger partial charge on any atom is 0.337 e. The lowest BCUT2D eigenvalue weighted by Gasteiger charge is -2.11. The average molecular weight is 322 g/mol. The van der Waals surface area contributed by atoms with E-state index in [1.165, 1.54) is 7.11 Å². The van der Waals surface area contributed by atoms with Gasteiger partial charge in [-0.25, -0.2) is 4.79 Å². The van der Waals surface area contributed by atoms with Gasteiger partial charge in [-0.05, 0) is 30.3 Å². The number of carbonyl (C=O) groups excluding carboxylic acids is 1. The van der Waals surface area contributed by atoms with Crippen LogP contribution in [-0.2, 0) is 11.2 Å². The lowest BCUT2D eigenvalue weighted by atomic mass is 10.2. The highest BCUT2D eigenvalue weighted by molar-refractivity contribution is 6.30. The SMILES string of the molecule is COC(=O)c1ccc(OC)c(OCCc2ccc(Cl)cn2)c1. The quantitative estimate of drug-likeness (QED) is 0.765. The van der Waals surface area contributed by atoms with Crippen molar-refractivity contribution in [1.29, 1.82) is 0 Å². The molecule has 0 atom stereocenters. The fourth-order valence-electron chi connectivity index (χ4n) is 1.85. The Morgan fingerprint density at radius 3 is 2.64 bits per heavy atom. The van der Waals surface area contributed by atoms with Crippen LogP contribution in [0.25, 0.3) is 0 Å². The van der Waals surface area contributed by atoms with E-state index in [-0.39, 0.29) is 0 Å². The van der Waals surface area contributed by atoms with Crippen molar-refractivity contribution in [2.45, 2.75) is 6.42 Å². The molecule has 1 aromatic heterocycles. The minimum Gasteiger partial charge on any atom is -0.493 e. The van der Waals surface area contributed by atoms with Crippen LogP contribution in [0.1, 0.15) is 16.1 Å². The number of hydrogen-bond acceptors (Lipinski definition) is 5. The van der Waals surface area contributed by atoms with Crippen LogP contribution in [0, 0.1) is 0 Å². The summed E-state index contributed by atoms with van der Waals surface area (Å²) in [5, 5.41) is 0.595. The molecule has 2 aromatic rings.